The molecule has 0 aliphatic carbocycles. The highest BCUT2D eigenvalue weighted by Crippen LogP contribution is 2.32. The van der Waals surface area contributed by atoms with Gasteiger partial charge in [0.15, 0.2) is 18.9 Å². The van der Waals surface area contributed by atoms with Crippen LogP contribution >= 0.6 is 0 Å². The van der Waals surface area contributed by atoms with Gasteiger partial charge in [0, 0.05) is 6.92 Å². The summed E-state index contributed by atoms with van der Waals surface area (Å²) in [5.74, 6) is -0.627. The Kier molecular flexibility index (Phi) is 10.5. The quantitative estimate of drug-likeness (QED) is 0.135. The Balaban J connectivity index is 1.80. The molecule has 3 saturated heterocycles. The molecule has 11 N–H and O–H groups in total. The molecule has 17 nitrogen and oxygen atoms in total. The van der Waals surface area contributed by atoms with E-state index in [1.165, 1.54) is 0 Å². The first-order valence-corrected chi connectivity index (χ1v) is 11.6. The minimum atomic E-state index is -1.91. The molecule has 0 spiro atoms. The smallest absolute Gasteiger partial charge is 0.217 e. The molecule has 1 amide bonds. The van der Waals surface area contributed by atoms with Crippen molar-refractivity contribution in [1.82, 2.24) is 5.32 Å². The van der Waals surface area contributed by atoms with E-state index in [1.54, 1.807) is 0 Å². The van der Waals surface area contributed by atoms with Gasteiger partial charge in [-0.15, -0.1) is 0 Å². The molecule has 3 rings (SSSR count). The fraction of sp³-hybridized carbons (Fsp3) is 0.950. The third kappa shape index (κ3) is 6.38. The number of hydrogen-bond donors (Lipinski definition) is 11. The molecule has 0 bridgehead atoms. The third-order valence-electron chi connectivity index (χ3n) is 6.50. The molecule has 3 heterocycles. The maximum Gasteiger partial charge on any atom is 0.217 e. The van der Waals surface area contributed by atoms with Crippen LogP contribution in [0.5, 0.6) is 0 Å². The summed E-state index contributed by atoms with van der Waals surface area (Å²) in [6.07, 6.45) is -23.4. The molecule has 216 valence electrons. The lowest BCUT2D eigenvalue weighted by atomic mass is 9.95. The Morgan fingerprint density at radius 2 is 1.16 bits per heavy atom. The fourth-order valence-electron chi connectivity index (χ4n) is 4.46. The maximum absolute atomic E-state index is 11.5. The van der Waals surface area contributed by atoms with Gasteiger partial charge in [0.25, 0.3) is 0 Å². The molecule has 0 aromatic carbocycles. The Morgan fingerprint density at radius 3 is 1.70 bits per heavy atom. The Bertz CT molecular complexity index is 745. The van der Waals surface area contributed by atoms with Crippen molar-refractivity contribution in [3.05, 3.63) is 0 Å². The minimum Gasteiger partial charge on any atom is -0.394 e. The molecule has 0 radical (unpaired) electrons. The van der Waals surface area contributed by atoms with Crippen LogP contribution in [0.2, 0.25) is 0 Å². The first-order valence-electron chi connectivity index (χ1n) is 11.6. The van der Waals surface area contributed by atoms with E-state index >= 15 is 0 Å². The van der Waals surface area contributed by atoms with Gasteiger partial charge in [0.2, 0.25) is 5.91 Å². The van der Waals surface area contributed by atoms with E-state index in [4.69, 9.17) is 23.7 Å². The van der Waals surface area contributed by atoms with E-state index in [1.807, 2.05) is 0 Å². The molecule has 0 aromatic rings. The largest absolute Gasteiger partial charge is 0.394 e. The first-order chi connectivity index (χ1) is 17.4. The van der Waals surface area contributed by atoms with Crippen molar-refractivity contribution in [2.24, 2.45) is 0 Å². The van der Waals surface area contributed by atoms with Crippen LogP contribution in [-0.2, 0) is 28.5 Å². The lowest BCUT2D eigenvalue weighted by molar-refractivity contribution is -0.375. The van der Waals surface area contributed by atoms with Gasteiger partial charge in [-0.3, -0.25) is 4.79 Å². The number of nitrogens with one attached hydrogen (secondary N) is 1. The predicted molar refractivity (Wildman–Crippen MR) is 113 cm³/mol. The SMILES string of the molecule is CC(=O)N[C@H]1C(O)O[C@H](CO)[C@@H](O[C@H]2O[C@H](CO)[C@@H](O)[C@H](O[C@H]3O[C@H](CO)[C@@H](O)[C@H](O)[C@@H]3O)[C@@H]2O)[C@@H]1O. The monoisotopic (exact) mass is 545 g/mol. The number of hydrogen-bond acceptors (Lipinski definition) is 16. The molecular formula is C20H35NO16. The van der Waals surface area contributed by atoms with Gasteiger partial charge >= 0.3 is 0 Å². The maximum atomic E-state index is 11.5. The van der Waals surface area contributed by atoms with Crippen molar-refractivity contribution in [3.63, 3.8) is 0 Å². The van der Waals surface area contributed by atoms with Gasteiger partial charge in [-0.1, -0.05) is 0 Å². The van der Waals surface area contributed by atoms with Crippen LogP contribution < -0.4 is 5.32 Å². The summed E-state index contributed by atoms with van der Waals surface area (Å²) < 4.78 is 26.9. The Morgan fingerprint density at radius 1 is 0.649 bits per heavy atom. The van der Waals surface area contributed by atoms with Gasteiger partial charge in [0.05, 0.1) is 19.8 Å². The van der Waals surface area contributed by atoms with Gasteiger partial charge in [-0.2, -0.15) is 0 Å². The van der Waals surface area contributed by atoms with Crippen LogP contribution in [0.3, 0.4) is 0 Å². The highest BCUT2D eigenvalue weighted by molar-refractivity contribution is 5.73. The highest BCUT2D eigenvalue weighted by atomic mass is 16.7. The lowest BCUT2D eigenvalue weighted by Gasteiger charge is -2.48. The highest BCUT2D eigenvalue weighted by Gasteiger charge is 2.53. The number of carbonyl (C=O) groups is 1. The summed E-state index contributed by atoms with van der Waals surface area (Å²) in [6, 6.07) is -1.40. The topological polar surface area (TPSA) is 278 Å². The van der Waals surface area contributed by atoms with Crippen molar-refractivity contribution >= 4 is 5.91 Å². The van der Waals surface area contributed by atoms with Crippen molar-refractivity contribution in [3.8, 4) is 0 Å². The summed E-state index contributed by atoms with van der Waals surface area (Å²) in [7, 11) is 0. The number of rotatable bonds is 8. The summed E-state index contributed by atoms with van der Waals surface area (Å²) in [4.78, 5) is 11.5. The summed E-state index contributed by atoms with van der Waals surface area (Å²) in [5.41, 5.74) is 0. The van der Waals surface area contributed by atoms with Crippen molar-refractivity contribution < 1.29 is 79.5 Å². The van der Waals surface area contributed by atoms with Gasteiger partial charge in [-0.05, 0) is 0 Å². The number of amides is 1. The fourth-order valence-corrected chi connectivity index (χ4v) is 4.46. The summed E-state index contributed by atoms with van der Waals surface area (Å²) in [5, 5.41) is 103. The number of aliphatic hydroxyl groups is 10. The normalized spacial score (nSPS) is 49.0. The standard InChI is InChI=1S/C20H35NO16/c1-5(25)21-9-12(28)16(8(4-24)33-18(9)32)36-20-15(31)17(11(27)7(3-23)35-20)37-19-14(30)13(29)10(26)6(2-22)34-19/h6-20,22-24,26-32H,2-4H2,1H3,(H,21,25)/t6-,7-,8-,9-,10-,11-,12-,13+,14+,15+,16-,17+,18?,19-,20-/m1/s1. The van der Waals surface area contributed by atoms with Crippen LogP contribution in [0.25, 0.3) is 0 Å². The molecule has 0 aromatic heterocycles. The molecule has 1 unspecified atom stereocenters. The van der Waals surface area contributed by atoms with E-state index < -0.39 is 118 Å². The van der Waals surface area contributed by atoms with E-state index in [2.05, 4.69) is 5.32 Å². The average molecular weight is 545 g/mol. The van der Waals surface area contributed by atoms with Gasteiger partial charge < -0.3 is 80.1 Å². The second-order valence-electron chi connectivity index (χ2n) is 9.07. The van der Waals surface area contributed by atoms with Gasteiger partial charge in [-0.25, -0.2) is 0 Å². The van der Waals surface area contributed by atoms with Crippen molar-refractivity contribution in [1.29, 1.82) is 0 Å². The summed E-state index contributed by atoms with van der Waals surface area (Å²) in [6.45, 7) is -1.23. The average Bonchev–Trinajstić information content (AvgIpc) is 2.86. The second kappa shape index (κ2) is 12.8. The number of carbonyl (C=O) groups excluding carboxylic acids is 1. The molecule has 3 aliphatic rings. The molecular weight excluding hydrogens is 510 g/mol. The van der Waals surface area contributed by atoms with E-state index in [9.17, 15) is 55.9 Å². The zero-order valence-electron chi connectivity index (χ0n) is 19.7. The molecule has 17 heteroatoms. The van der Waals surface area contributed by atoms with Crippen LogP contribution in [-0.4, -0.2) is 169 Å². The molecule has 15 atom stereocenters. The number of aliphatic hydroxyl groups excluding tert-OH is 10. The third-order valence-corrected chi connectivity index (χ3v) is 6.50. The van der Waals surface area contributed by atoms with E-state index in [-0.39, 0.29) is 0 Å². The van der Waals surface area contributed by atoms with E-state index in [0.29, 0.717) is 0 Å². The lowest BCUT2D eigenvalue weighted by Crippen LogP contribution is -2.68. The van der Waals surface area contributed by atoms with Crippen LogP contribution in [0.1, 0.15) is 6.92 Å². The van der Waals surface area contributed by atoms with Crippen LogP contribution in [0.15, 0.2) is 0 Å². The van der Waals surface area contributed by atoms with Crippen molar-refractivity contribution in [2.45, 2.75) is 99.0 Å². The first kappa shape index (κ1) is 30.4. The number of ether oxygens (including phenoxy) is 5. The zero-order valence-corrected chi connectivity index (χ0v) is 19.7. The van der Waals surface area contributed by atoms with Gasteiger partial charge in [0.1, 0.15) is 73.2 Å². The van der Waals surface area contributed by atoms with Crippen molar-refractivity contribution in [2.75, 3.05) is 19.8 Å². The zero-order chi connectivity index (χ0) is 27.6. The molecule has 37 heavy (non-hydrogen) atoms. The Labute approximate surface area is 210 Å². The van der Waals surface area contributed by atoms with Crippen LogP contribution in [0.4, 0.5) is 0 Å². The minimum absolute atomic E-state index is 0.627. The van der Waals surface area contributed by atoms with Crippen LogP contribution in [0, 0.1) is 0 Å². The summed E-state index contributed by atoms with van der Waals surface area (Å²) >= 11 is 0. The second-order valence-corrected chi connectivity index (χ2v) is 9.07. The molecule has 3 fully saturated rings. The van der Waals surface area contributed by atoms with E-state index in [0.717, 1.165) is 6.92 Å². The molecule has 0 saturated carbocycles. The molecule has 3 aliphatic heterocycles. The predicted octanol–water partition coefficient (Wildman–Crippen LogP) is -7.43. The Hall–Kier alpha value is -1.13.